The van der Waals surface area contributed by atoms with Crippen LogP contribution in [0.2, 0.25) is 5.02 Å². The van der Waals surface area contributed by atoms with Gasteiger partial charge in [-0.3, -0.25) is 4.79 Å². The van der Waals surface area contributed by atoms with Crippen LogP contribution in [0.25, 0.3) is 38.9 Å². The van der Waals surface area contributed by atoms with Gasteiger partial charge in [-0.2, -0.15) is 5.10 Å². The van der Waals surface area contributed by atoms with Gasteiger partial charge >= 0.3 is 0 Å². The van der Waals surface area contributed by atoms with Crippen LogP contribution in [0.15, 0.2) is 60.9 Å². The van der Waals surface area contributed by atoms with Crippen molar-refractivity contribution in [3.05, 3.63) is 71.8 Å². The number of halogens is 1. The summed E-state index contributed by atoms with van der Waals surface area (Å²) in [5.74, 6) is 0.912. The number of nitrogen functional groups attached to an aromatic ring is 1. The van der Waals surface area contributed by atoms with E-state index in [9.17, 15) is 4.79 Å². The molecular weight excluding hydrogens is 474 g/mol. The minimum absolute atomic E-state index is 0.0912. The number of nitrogens with zero attached hydrogens (tertiary/aromatic N) is 5. The average molecular weight is 498 g/mol. The number of hydrogen-bond donors (Lipinski definition) is 2. The van der Waals surface area contributed by atoms with E-state index in [-0.39, 0.29) is 17.7 Å². The number of benzene rings is 2. The molecule has 0 atom stereocenters. The minimum atomic E-state index is -0.237. The highest BCUT2D eigenvalue weighted by Crippen LogP contribution is 2.40. The Morgan fingerprint density at radius 3 is 2.53 bits per heavy atom. The van der Waals surface area contributed by atoms with Crippen LogP contribution in [-0.4, -0.2) is 30.5 Å². The molecule has 1 amide bonds. The van der Waals surface area contributed by atoms with E-state index in [0.717, 1.165) is 59.2 Å². The van der Waals surface area contributed by atoms with Gasteiger partial charge in [0.15, 0.2) is 5.82 Å². The van der Waals surface area contributed by atoms with Gasteiger partial charge in [0.1, 0.15) is 23.4 Å². The number of hydrogen-bond acceptors (Lipinski definition) is 6. The molecule has 0 saturated heterocycles. The van der Waals surface area contributed by atoms with Crippen LogP contribution in [0.1, 0.15) is 37.4 Å². The highest BCUT2D eigenvalue weighted by Gasteiger charge is 2.30. The molecule has 0 unspecified atom stereocenters. The highest BCUT2D eigenvalue weighted by atomic mass is 35.5. The molecule has 9 heteroatoms. The lowest BCUT2D eigenvalue weighted by atomic mass is 9.81. The monoisotopic (exact) mass is 497 g/mol. The fourth-order valence-electron chi connectivity index (χ4n) is 5.16. The summed E-state index contributed by atoms with van der Waals surface area (Å²) >= 11 is 6.79. The number of rotatable bonds is 4. The van der Waals surface area contributed by atoms with Crippen LogP contribution in [0, 0.1) is 5.92 Å². The maximum atomic E-state index is 11.6. The first kappa shape index (κ1) is 22.4. The van der Waals surface area contributed by atoms with Crippen LogP contribution in [0.3, 0.4) is 0 Å². The van der Waals surface area contributed by atoms with Crippen molar-refractivity contribution in [1.82, 2.24) is 24.6 Å². The van der Waals surface area contributed by atoms with Gasteiger partial charge in [-0.25, -0.2) is 19.5 Å². The quantitative estimate of drug-likeness (QED) is 0.360. The van der Waals surface area contributed by atoms with Crippen molar-refractivity contribution >= 4 is 39.7 Å². The van der Waals surface area contributed by atoms with Crippen molar-refractivity contribution in [3.63, 3.8) is 0 Å². The third-order valence-electron chi connectivity index (χ3n) is 7.08. The minimum Gasteiger partial charge on any atom is -0.382 e. The van der Waals surface area contributed by atoms with Gasteiger partial charge in [0.2, 0.25) is 5.91 Å². The first-order valence-electron chi connectivity index (χ1n) is 11.9. The zero-order valence-corrected chi connectivity index (χ0v) is 20.2. The Morgan fingerprint density at radius 2 is 1.78 bits per heavy atom. The van der Waals surface area contributed by atoms with Gasteiger partial charge in [0.25, 0.3) is 0 Å². The van der Waals surface area contributed by atoms with E-state index in [1.54, 1.807) is 4.52 Å². The SMILES string of the molecule is NC(=O)C1CCC(c2nc(-c3cc4nc(-c5ccccc5)ccc4cc3Cl)c3c(N)ncnn23)CC1. The van der Waals surface area contributed by atoms with E-state index in [4.69, 9.17) is 33.0 Å². The number of aromatic nitrogens is 5. The Bertz CT molecular complexity index is 1610. The van der Waals surface area contributed by atoms with Crippen LogP contribution in [0.5, 0.6) is 0 Å². The van der Waals surface area contributed by atoms with E-state index in [2.05, 4.69) is 10.1 Å². The smallest absolute Gasteiger partial charge is 0.220 e. The largest absolute Gasteiger partial charge is 0.382 e. The van der Waals surface area contributed by atoms with Crippen LogP contribution < -0.4 is 11.5 Å². The van der Waals surface area contributed by atoms with Crippen molar-refractivity contribution < 1.29 is 4.79 Å². The van der Waals surface area contributed by atoms with Gasteiger partial charge in [-0.05, 0) is 43.9 Å². The molecule has 2 aromatic carbocycles. The molecule has 1 aliphatic carbocycles. The second kappa shape index (κ2) is 8.87. The summed E-state index contributed by atoms with van der Waals surface area (Å²) < 4.78 is 1.77. The predicted molar refractivity (Wildman–Crippen MR) is 140 cm³/mol. The fraction of sp³-hybridized carbons (Fsp3) is 0.222. The molecule has 4 N–H and O–H groups in total. The van der Waals surface area contributed by atoms with Crippen molar-refractivity contribution in [3.8, 4) is 22.5 Å². The van der Waals surface area contributed by atoms with Crippen LogP contribution in [0.4, 0.5) is 5.82 Å². The molecule has 0 spiro atoms. The second-order valence-corrected chi connectivity index (χ2v) is 9.67. The van der Waals surface area contributed by atoms with Crippen molar-refractivity contribution in [2.24, 2.45) is 11.7 Å². The molecular formula is C27H24ClN7O. The van der Waals surface area contributed by atoms with Crippen molar-refractivity contribution in [2.45, 2.75) is 31.6 Å². The second-order valence-electron chi connectivity index (χ2n) is 9.26. The molecule has 180 valence electrons. The summed E-state index contributed by atoms with van der Waals surface area (Å²) in [6.45, 7) is 0. The topological polar surface area (TPSA) is 125 Å². The Kier molecular flexibility index (Phi) is 5.53. The molecule has 0 aliphatic heterocycles. The lowest BCUT2D eigenvalue weighted by Crippen LogP contribution is -2.27. The van der Waals surface area contributed by atoms with E-state index < -0.39 is 0 Å². The van der Waals surface area contributed by atoms with Crippen molar-refractivity contribution in [1.29, 1.82) is 0 Å². The maximum Gasteiger partial charge on any atom is 0.220 e. The predicted octanol–water partition coefficient (Wildman–Crippen LogP) is 5.00. The Balaban J connectivity index is 1.48. The van der Waals surface area contributed by atoms with E-state index in [1.165, 1.54) is 6.33 Å². The number of pyridine rings is 1. The Labute approximate surface area is 212 Å². The number of carbonyl (C=O) groups is 1. The lowest BCUT2D eigenvalue weighted by Gasteiger charge is -2.25. The molecule has 6 rings (SSSR count). The van der Waals surface area contributed by atoms with Gasteiger partial charge in [0, 0.05) is 28.3 Å². The summed E-state index contributed by atoms with van der Waals surface area (Å²) in [5.41, 5.74) is 16.5. The normalized spacial score (nSPS) is 18.0. The van der Waals surface area contributed by atoms with Gasteiger partial charge < -0.3 is 11.5 Å². The number of primary amides is 1. The molecule has 1 aliphatic rings. The zero-order valence-electron chi connectivity index (χ0n) is 19.4. The van der Waals surface area contributed by atoms with E-state index in [0.29, 0.717) is 22.1 Å². The number of carbonyl (C=O) groups excluding carboxylic acids is 1. The highest BCUT2D eigenvalue weighted by molar-refractivity contribution is 6.34. The van der Waals surface area contributed by atoms with Gasteiger partial charge in [-0.1, -0.05) is 48.0 Å². The third-order valence-corrected chi connectivity index (χ3v) is 7.40. The number of amides is 1. The maximum absolute atomic E-state index is 11.6. The summed E-state index contributed by atoms with van der Waals surface area (Å²) in [6, 6.07) is 17.9. The van der Waals surface area contributed by atoms with Crippen molar-refractivity contribution in [2.75, 3.05) is 5.73 Å². The average Bonchev–Trinajstić information content (AvgIpc) is 3.29. The van der Waals surface area contributed by atoms with Gasteiger partial charge in [0.05, 0.1) is 16.2 Å². The van der Waals surface area contributed by atoms with E-state index >= 15 is 0 Å². The number of nitrogens with two attached hydrogens (primary N) is 2. The third kappa shape index (κ3) is 3.83. The number of imidazole rings is 1. The number of anilines is 1. The first-order chi connectivity index (χ1) is 17.5. The number of fused-ring (bicyclic) bond motifs is 2. The zero-order chi connectivity index (χ0) is 24.8. The molecule has 1 saturated carbocycles. The first-order valence-corrected chi connectivity index (χ1v) is 12.3. The molecule has 36 heavy (non-hydrogen) atoms. The molecule has 8 nitrogen and oxygen atoms in total. The van der Waals surface area contributed by atoms with Crippen LogP contribution in [-0.2, 0) is 4.79 Å². The Hall–Kier alpha value is -4.04. The Morgan fingerprint density at radius 1 is 1.00 bits per heavy atom. The molecule has 0 bridgehead atoms. The molecule has 5 aromatic rings. The van der Waals surface area contributed by atoms with Crippen LogP contribution >= 0.6 is 11.6 Å². The molecule has 1 fully saturated rings. The fourth-order valence-corrected chi connectivity index (χ4v) is 5.42. The summed E-state index contributed by atoms with van der Waals surface area (Å²) in [4.78, 5) is 25.8. The molecule has 0 radical (unpaired) electrons. The van der Waals surface area contributed by atoms with Gasteiger partial charge in [-0.15, -0.1) is 0 Å². The summed E-state index contributed by atoms with van der Waals surface area (Å²) in [7, 11) is 0. The summed E-state index contributed by atoms with van der Waals surface area (Å²) in [6.07, 6.45) is 4.48. The standard InChI is InChI=1S/C27H24ClN7O/c28-20-12-18-10-11-21(15-4-2-1-3-5-15)33-22(18)13-19(20)23-24-25(29)31-14-32-35(24)27(34-23)17-8-6-16(7-9-17)26(30)36/h1-5,10-14,16-17H,6-9H2,(H2,30,36)(H2,29,31,32). The lowest BCUT2D eigenvalue weighted by molar-refractivity contribution is -0.122. The summed E-state index contributed by atoms with van der Waals surface area (Å²) in [5, 5.41) is 5.95. The molecule has 3 heterocycles. The van der Waals surface area contributed by atoms with E-state index in [1.807, 2.05) is 54.6 Å². The molecule has 3 aromatic heterocycles.